The van der Waals surface area contributed by atoms with Crippen molar-refractivity contribution in [1.29, 1.82) is 0 Å². The molecule has 0 saturated carbocycles. The number of ether oxygens (including phenoxy) is 1. The number of benzene rings is 1. The molecule has 0 atom stereocenters. The van der Waals surface area contributed by atoms with E-state index < -0.39 is 43.0 Å². The predicted octanol–water partition coefficient (Wildman–Crippen LogP) is -5.82. The number of hydrogen-bond acceptors (Lipinski definition) is 13. The van der Waals surface area contributed by atoms with Crippen LogP contribution in [0.25, 0.3) is 0 Å². The van der Waals surface area contributed by atoms with E-state index in [1.807, 2.05) is 36.1 Å². The predicted molar refractivity (Wildman–Crippen MR) is 121 cm³/mol. The van der Waals surface area contributed by atoms with Gasteiger partial charge in [0.05, 0.1) is 36.5 Å². The number of aliphatic carboxylic acids is 4. The van der Waals surface area contributed by atoms with Crippen LogP contribution in [0.15, 0.2) is 24.3 Å². The second-order valence-corrected chi connectivity index (χ2v) is 8.73. The van der Waals surface area contributed by atoms with E-state index >= 15 is 0 Å². The van der Waals surface area contributed by atoms with Crippen molar-refractivity contribution in [2.24, 2.45) is 0 Å². The van der Waals surface area contributed by atoms with Crippen LogP contribution in [0.1, 0.15) is 12.5 Å². The average molecular weight is 521 g/mol. The molecule has 1 heterocycles. The highest BCUT2D eigenvalue weighted by Gasteiger charge is 2.24. The lowest BCUT2D eigenvalue weighted by Crippen LogP contribution is -2.60. The SMILES string of the molecule is CCOc1ccc(CN2CCN(CC(=O)[O-])CCN(C(C(=O)[O-])C(=O)[O-])CCN(CC(=O)[O-])CC2)cc1. The number of carbonyl (C=O) groups is 4. The molecule has 0 unspecified atom stereocenters. The summed E-state index contributed by atoms with van der Waals surface area (Å²) in [7, 11) is 0. The Balaban J connectivity index is 2.24. The second kappa shape index (κ2) is 15.1. The monoisotopic (exact) mass is 520 g/mol. The van der Waals surface area contributed by atoms with Crippen LogP contribution in [0.3, 0.4) is 0 Å². The second-order valence-electron chi connectivity index (χ2n) is 8.73. The zero-order chi connectivity index (χ0) is 27.4. The number of rotatable bonds is 11. The number of nitrogens with zero attached hydrogens (tertiary/aromatic N) is 4. The minimum absolute atomic E-state index is 0.0302. The fourth-order valence-corrected chi connectivity index (χ4v) is 4.16. The normalized spacial score (nSPS) is 17.6. The van der Waals surface area contributed by atoms with E-state index in [9.17, 15) is 39.6 Å². The highest BCUT2D eigenvalue weighted by atomic mass is 16.5. The van der Waals surface area contributed by atoms with Gasteiger partial charge in [-0.25, -0.2) is 0 Å². The van der Waals surface area contributed by atoms with Gasteiger partial charge < -0.3 is 44.3 Å². The molecule has 1 fully saturated rings. The molecule has 0 bridgehead atoms. The molecule has 0 aromatic heterocycles. The molecule has 0 spiro atoms. The van der Waals surface area contributed by atoms with Crippen molar-refractivity contribution < 1.29 is 44.3 Å². The summed E-state index contributed by atoms with van der Waals surface area (Å²) >= 11 is 0. The van der Waals surface area contributed by atoms with Crippen molar-refractivity contribution in [3.8, 4) is 5.75 Å². The highest BCUT2D eigenvalue weighted by Crippen LogP contribution is 2.14. The van der Waals surface area contributed by atoms with Crippen LogP contribution in [-0.4, -0.2) is 122 Å². The molecule has 0 aliphatic carbocycles. The molecule has 2 rings (SSSR count). The molecule has 1 aliphatic rings. The Morgan fingerprint density at radius 1 is 0.730 bits per heavy atom. The summed E-state index contributed by atoms with van der Waals surface area (Å²) < 4.78 is 5.47. The third-order valence-corrected chi connectivity index (χ3v) is 6.03. The summed E-state index contributed by atoms with van der Waals surface area (Å²) in [6.45, 7) is 3.23. The molecule has 206 valence electrons. The van der Waals surface area contributed by atoms with E-state index in [1.165, 1.54) is 9.80 Å². The largest absolute Gasteiger partial charge is 0.549 e. The number of hydrogen-bond donors (Lipinski definition) is 0. The highest BCUT2D eigenvalue weighted by molar-refractivity contribution is 5.95. The Kier molecular flexibility index (Phi) is 12.2. The van der Waals surface area contributed by atoms with Crippen LogP contribution in [0.5, 0.6) is 5.75 Å². The van der Waals surface area contributed by atoms with E-state index in [0.29, 0.717) is 26.2 Å². The summed E-state index contributed by atoms with van der Waals surface area (Å²) in [6.07, 6.45) is 0. The number of carbonyl (C=O) groups excluding carboxylic acids is 4. The van der Waals surface area contributed by atoms with Crippen LogP contribution in [0.2, 0.25) is 0 Å². The summed E-state index contributed by atoms with van der Waals surface area (Å²) in [4.78, 5) is 51.8. The first-order valence-electron chi connectivity index (χ1n) is 12.0. The molecular weight excluding hydrogens is 488 g/mol. The van der Waals surface area contributed by atoms with Gasteiger partial charge in [-0.1, -0.05) is 12.1 Å². The lowest BCUT2D eigenvalue weighted by atomic mass is 10.2. The van der Waals surface area contributed by atoms with Crippen molar-refractivity contribution >= 4 is 23.9 Å². The molecule has 0 amide bonds. The molecule has 13 nitrogen and oxygen atoms in total. The molecule has 1 aromatic rings. The van der Waals surface area contributed by atoms with Gasteiger partial charge >= 0.3 is 0 Å². The summed E-state index contributed by atoms with van der Waals surface area (Å²) in [5, 5.41) is 45.6. The summed E-state index contributed by atoms with van der Waals surface area (Å²) in [5.74, 6) is -5.66. The Morgan fingerprint density at radius 2 is 1.16 bits per heavy atom. The minimum Gasteiger partial charge on any atom is -0.549 e. The van der Waals surface area contributed by atoms with Crippen LogP contribution in [-0.2, 0) is 25.7 Å². The molecule has 1 aliphatic heterocycles. The van der Waals surface area contributed by atoms with Gasteiger partial charge in [-0.05, 0) is 24.6 Å². The van der Waals surface area contributed by atoms with E-state index in [2.05, 4.69) is 0 Å². The zero-order valence-electron chi connectivity index (χ0n) is 20.8. The van der Waals surface area contributed by atoms with Crippen LogP contribution in [0, 0.1) is 0 Å². The van der Waals surface area contributed by atoms with Gasteiger partial charge in [-0.2, -0.15) is 0 Å². The maximum Gasteiger partial charge on any atom is 0.119 e. The third kappa shape index (κ3) is 10.7. The van der Waals surface area contributed by atoms with Crippen molar-refractivity contribution in [3.63, 3.8) is 0 Å². The van der Waals surface area contributed by atoms with Gasteiger partial charge in [0.1, 0.15) is 5.75 Å². The molecule has 1 saturated heterocycles. The topological polar surface area (TPSA) is 183 Å². The van der Waals surface area contributed by atoms with Crippen molar-refractivity contribution in [2.75, 3.05) is 72.1 Å². The lowest BCUT2D eigenvalue weighted by Gasteiger charge is -2.38. The van der Waals surface area contributed by atoms with Gasteiger partial charge in [0.2, 0.25) is 0 Å². The van der Waals surface area contributed by atoms with E-state index in [1.54, 1.807) is 0 Å². The van der Waals surface area contributed by atoms with Crippen molar-refractivity contribution in [3.05, 3.63) is 29.8 Å². The van der Waals surface area contributed by atoms with E-state index in [-0.39, 0.29) is 39.3 Å². The first-order valence-corrected chi connectivity index (χ1v) is 12.0. The average Bonchev–Trinajstić information content (AvgIpc) is 2.80. The summed E-state index contributed by atoms with van der Waals surface area (Å²) in [5.41, 5.74) is 0.977. The van der Waals surface area contributed by atoms with Gasteiger partial charge in [0.15, 0.2) is 0 Å². The summed E-state index contributed by atoms with van der Waals surface area (Å²) in [6, 6.07) is 5.45. The van der Waals surface area contributed by atoms with E-state index in [0.717, 1.165) is 16.2 Å². The lowest BCUT2D eigenvalue weighted by molar-refractivity contribution is -0.332. The third-order valence-electron chi connectivity index (χ3n) is 6.03. The standard InChI is InChI=1S/C24H36N4O9/c1-2-37-19-5-3-18(4-6-19)15-25-7-9-26(16-20(29)30)11-13-28(22(23(33)34)24(35)36)14-12-27(10-8-25)17-21(31)32/h3-6,22H,2,7-17H2,1H3,(H,29,30)(H,31,32)(H,33,34)(H,35,36)/p-4. The number of carboxylic acid groups (broad SMARTS) is 4. The number of carboxylic acids is 4. The quantitative estimate of drug-likeness (QED) is 0.252. The Bertz CT molecular complexity index is 866. The van der Waals surface area contributed by atoms with Gasteiger partial charge in [-0.15, -0.1) is 0 Å². The molecular formula is C24H32N4O9-4. The Hall–Kier alpha value is -3.26. The first kappa shape index (κ1) is 30.0. The van der Waals surface area contributed by atoms with Gasteiger partial charge in [0.25, 0.3) is 0 Å². The van der Waals surface area contributed by atoms with Crippen molar-refractivity contribution in [1.82, 2.24) is 19.6 Å². The van der Waals surface area contributed by atoms with E-state index in [4.69, 9.17) is 4.74 Å². The van der Waals surface area contributed by atoms with Crippen LogP contribution < -0.4 is 25.2 Å². The van der Waals surface area contributed by atoms with Gasteiger partial charge in [0, 0.05) is 72.0 Å². The maximum atomic E-state index is 11.5. The molecule has 0 N–H and O–H groups in total. The first-order chi connectivity index (χ1) is 17.6. The maximum absolute atomic E-state index is 11.5. The zero-order valence-corrected chi connectivity index (χ0v) is 20.8. The minimum atomic E-state index is -2.08. The Morgan fingerprint density at radius 3 is 1.57 bits per heavy atom. The molecule has 37 heavy (non-hydrogen) atoms. The Labute approximate surface area is 215 Å². The van der Waals surface area contributed by atoms with Crippen LogP contribution in [0.4, 0.5) is 0 Å². The fourth-order valence-electron chi connectivity index (χ4n) is 4.16. The molecule has 0 radical (unpaired) electrons. The van der Waals surface area contributed by atoms with Crippen molar-refractivity contribution in [2.45, 2.75) is 19.5 Å². The molecule has 1 aromatic carbocycles. The van der Waals surface area contributed by atoms with Crippen LogP contribution >= 0.6 is 0 Å². The fraction of sp³-hybridized carbons (Fsp3) is 0.583. The van der Waals surface area contributed by atoms with Gasteiger partial charge in [-0.3, -0.25) is 19.6 Å². The smallest absolute Gasteiger partial charge is 0.119 e. The molecule has 13 heteroatoms.